The first kappa shape index (κ1) is 15.6. The van der Waals surface area contributed by atoms with Gasteiger partial charge < -0.3 is 10.4 Å². The molecule has 1 fully saturated rings. The highest BCUT2D eigenvalue weighted by Crippen LogP contribution is 2.27. The largest absolute Gasteiger partial charge is 0.395 e. The molecule has 0 aromatic heterocycles. The first-order chi connectivity index (χ1) is 10.2. The van der Waals surface area contributed by atoms with Crippen LogP contribution in [-0.2, 0) is 0 Å². The fourth-order valence-electron chi connectivity index (χ4n) is 2.86. The Labute approximate surface area is 126 Å². The molecule has 0 radical (unpaired) electrons. The van der Waals surface area contributed by atoms with Crippen molar-refractivity contribution >= 4 is 5.91 Å². The Morgan fingerprint density at radius 2 is 2.10 bits per heavy atom. The summed E-state index contributed by atoms with van der Waals surface area (Å²) >= 11 is 0. The number of nitrogens with one attached hydrogen (secondary N) is 1. The fraction of sp³-hybridized carbons (Fsp3) is 0.500. The third-order valence-electron chi connectivity index (χ3n) is 4.10. The number of aliphatic hydroxyl groups is 1. The first-order valence-electron chi connectivity index (χ1n) is 7.72. The van der Waals surface area contributed by atoms with Crippen molar-refractivity contribution in [1.82, 2.24) is 5.32 Å². The predicted molar refractivity (Wildman–Crippen MR) is 83.9 cm³/mol. The van der Waals surface area contributed by atoms with Gasteiger partial charge in [-0.1, -0.05) is 36.8 Å². The number of hydrogen-bond acceptors (Lipinski definition) is 2. The van der Waals surface area contributed by atoms with E-state index >= 15 is 0 Å². The molecule has 1 aromatic rings. The highest BCUT2D eigenvalue weighted by molar-refractivity contribution is 5.96. The number of carbonyl (C=O) groups is 1. The van der Waals surface area contributed by atoms with E-state index in [1.165, 1.54) is 25.7 Å². The summed E-state index contributed by atoms with van der Waals surface area (Å²) in [6.07, 6.45) is 5.38. The summed E-state index contributed by atoms with van der Waals surface area (Å²) in [5.41, 5.74) is 1.34. The lowest BCUT2D eigenvalue weighted by Crippen LogP contribution is -2.37. The summed E-state index contributed by atoms with van der Waals surface area (Å²) in [7, 11) is 0. The number of carbonyl (C=O) groups excluding carboxylic acids is 1. The van der Waals surface area contributed by atoms with E-state index in [0.29, 0.717) is 17.9 Å². The molecule has 1 aromatic carbocycles. The van der Waals surface area contributed by atoms with Crippen LogP contribution in [0.2, 0.25) is 0 Å². The highest BCUT2D eigenvalue weighted by Gasteiger charge is 2.23. The van der Waals surface area contributed by atoms with E-state index in [4.69, 9.17) is 5.11 Å². The van der Waals surface area contributed by atoms with Crippen LogP contribution in [0.15, 0.2) is 24.3 Å². The normalized spacial score (nSPS) is 16.1. The van der Waals surface area contributed by atoms with Gasteiger partial charge in [-0.3, -0.25) is 4.79 Å². The van der Waals surface area contributed by atoms with Crippen LogP contribution in [0, 0.1) is 17.8 Å². The fourth-order valence-corrected chi connectivity index (χ4v) is 2.86. The molecular weight excluding hydrogens is 262 g/mol. The van der Waals surface area contributed by atoms with Gasteiger partial charge in [-0.15, -0.1) is 0 Å². The minimum atomic E-state index is -0.0525. The quantitative estimate of drug-likeness (QED) is 0.836. The number of rotatable bonds is 4. The van der Waals surface area contributed by atoms with Crippen molar-refractivity contribution in [3.8, 4) is 11.8 Å². The molecule has 0 spiro atoms. The minimum Gasteiger partial charge on any atom is -0.395 e. The Morgan fingerprint density at radius 3 is 2.81 bits per heavy atom. The van der Waals surface area contributed by atoms with Gasteiger partial charge in [-0.2, -0.15) is 0 Å². The molecule has 1 unspecified atom stereocenters. The third-order valence-corrected chi connectivity index (χ3v) is 4.10. The van der Waals surface area contributed by atoms with E-state index in [1.54, 1.807) is 6.07 Å². The molecule has 3 heteroatoms. The van der Waals surface area contributed by atoms with E-state index in [9.17, 15) is 4.79 Å². The Kier molecular flexibility index (Phi) is 5.83. The van der Waals surface area contributed by atoms with Gasteiger partial charge in [0.05, 0.1) is 12.2 Å². The van der Waals surface area contributed by atoms with Crippen LogP contribution in [0.4, 0.5) is 0 Å². The molecule has 21 heavy (non-hydrogen) atoms. The van der Waals surface area contributed by atoms with E-state index in [1.807, 2.05) is 18.2 Å². The summed E-state index contributed by atoms with van der Waals surface area (Å²) in [4.78, 5) is 12.4. The van der Waals surface area contributed by atoms with Crippen LogP contribution in [0.25, 0.3) is 0 Å². The smallest absolute Gasteiger partial charge is 0.252 e. The van der Waals surface area contributed by atoms with Gasteiger partial charge >= 0.3 is 0 Å². The Balaban J connectivity index is 2.06. The molecule has 3 nitrogen and oxygen atoms in total. The van der Waals surface area contributed by atoms with Gasteiger partial charge in [0.25, 0.3) is 5.91 Å². The standard InChI is InChI=1S/C18H23NO2/c1-14(15-8-2-3-9-15)19-18(21)17-12-5-4-10-16(17)11-6-7-13-20/h4-5,10,12,14-15,20H,2-3,7-9,13H2,1H3,(H,19,21). The maximum Gasteiger partial charge on any atom is 0.252 e. The number of hydrogen-bond donors (Lipinski definition) is 2. The van der Waals surface area contributed by atoms with Crippen molar-refractivity contribution < 1.29 is 9.90 Å². The molecule has 0 aliphatic heterocycles. The molecular formula is C18H23NO2. The van der Waals surface area contributed by atoms with Crippen LogP contribution < -0.4 is 5.32 Å². The van der Waals surface area contributed by atoms with Crippen LogP contribution >= 0.6 is 0 Å². The van der Waals surface area contributed by atoms with Crippen molar-refractivity contribution in [2.24, 2.45) is 5.92 Å². The molecule has 2 rings (SSSR count). The molecule has 1 aliphatic rings. The summed E-state index contributed by atoms with van der Waals surface area (Å²) in [6.45, 7) is 2.13. The van der Waals surface area contributed by atoms with E-state index in [0.717, 1.165) is 5.56 Å². The van der Waals surface area contributed by atoms with Gasteiger partial charge in [0.1, 0.15) is 0 Å². The number of benzene rings is 1. The van der Waals surface area contributed by atoms with Gasteiger partial charge in [-0.25, -0.2) is 0 Å². The SMILES string of the molecule is CC(NC(=O)c1ccccc1C#CCCO)C1CCCC1. The Morgan fingerprint density at radius 1 is 1.38 bits per heavy atom. The second-order valence-corrected chi connectivity index (χ2v) is 5.63. The molecule has 0 saturated heterocycles. The minimum absolute atomic E-state index is 0.0417. The molecule has 0 bridgehead atoms. The molecule has 2 N–H and O–H groups in total. The monoisotopic (exact) mass is 285 g/mol. The lowest BCUT2D eigenvalue weighted by molar-refractivity contribution is 0.0927. The van der Waals surface area contributed by atoms with Crippen molar-refractivity contribution in [2.75, 3.05) is 6.61 Å². The first-order valence-corrected chi connectivity index (χ1v) is 7.72. The molecule has 0 heterocycles. The van der Waals surface area contributed by atoms with Gasteiger partial charge in [0.15, 0.2) is 0 Å². The van der Waals surface area contributed by atoms with Crippen molar-refractivity contribution in [2.45, 2.75) is 45.1 Å². The lowest BCUT2D eigenvalue weighted by Gasteiger charge is -2.20. The zero-order valence-electron chi connectivity index (χ0n) is 12.6. The van der Waals surface area contributed by atoms with Crippen molar-refractivity contribution in [1.29, 1.82) is 0 Å². The topological polar surface area (TPSA) is 49.3 Å². The van der Waals surface area contributed by atoms with E-state index in [2.05, 4.69) is 24.1 Å². The summed E-state index contributed by atoms with van der Waals surface area (Å²) in [5.74, 6) is 6.39. The molecule has 1 aliphatic carbocycles. The van der Waals surface area contributed by atoms with Crippen molar-refractivity contribution in [3.63, 3.8) is 0 Å². The van der Waals surface area contributed by atoms with E-state index < -0.39 is 0 Å². The molecule has 112 valence electrons. The summed E-state index contributed by atoms with van der Waals surface area (Å²) < 4.78 is 0. The number of amides is 1. The van der Waals surface area contributed by atoms with Gasteiger partial charge in [0.2, 0.25) is 0 Å². The second-order valence-electron chi connectivity index (χ2n) is 5.63. The Hall–Kier alpha value is -1.79. The summed E-state index contributed by atoms with van der Waals surface area (Å²) in [6, 6.07) is 7.59. The predicted octanol–water partition coefficient (Wildman–Crippen LogP) is 2.73. The zero-order valence-corrected chi connectivity index (χ0v) is 12.6. The number of aliphatic hydroxyl groups excluding tert-OH is 1. The Bertz CT molecular complexity index is 536. The highest BCUT2D eigenvalue weighted by atomic mass is 16.2. The van der Waals surface area contributed by atoms with Crippen LogP contribution in [0.5, 0.6) is 0 Å². The average molecular weight is 285 g/mol. The van der Waals surface area contributed by atoms with Crippen LogP contribution in [0.3, 0.4) is 0 Å². The van der Waals surface area contributed by atoms with Crippen LogP contribution in [0.1, 0.15) is 54.9 Å². The zero-order chi connectivity index (χ0) is 15.1. The third kappa shape index (κ3) is 4.34. The average Bonchev–Trinajstić information content (AvgIpc) is 3.02. The molecule has 1 amide bonds. The van der Waals surface area contributed by atoms with Gasteiger partial charge in [-0.05, 0) is 37.8 Å². The van der Waals surface area contributed by atoms with E-state index in [-0.39, 0.29) is 18.6 Å². The van der Waals surface area contributed by atoms with Crippen LogP contribution in [-0.4, -0.2) is 23.7 Å². The maximum atomic E-state index is 12.4. The second kappa shape index (κ2) is 7.85. The van der Waals surface area contributed by atoms with Gasteiger partial charge in [0, 0.05) is 18.0 Å². The van der Waals surface area contributed by atoms with Crippen molar-refractivity contribution in [3.05, 3.63) is 35.4 Å². The molecule has 1 atom stereocenters. The lowest BCUT2D eigenvalue weighted by atomic mass is 9.99. The maximum absolute atomic E-state index is 12.4. The molecule has 1 saturated carbocycles. The summed E-state index contributed by atoms with van der Waals surface area (Å²) in [5, 5.41) is 11.9.